The molecule has 0 unspecified atom stereocenters. The molecule has 27 heavy (non-hydrogen) atoms. The van der Waals surface area contributed by atoms with Gasteiger partial charge in [0.25, 0.3) is 11.6 Å². The largest absolute Gasteiger partial charge is 0.461 e. The summed E-state index contributed by atoms with van der Waals surface area (Å²) in [5, 5.41) is 15.0. The quantitative estimate of drug-likeness (QED) is 0.390. The molecule has 0 aliphatic carbocycles. The normalized spacial score (nSPS) is 10.4. The SMILES string of the molecule is CCOC(=O)c1cc(-c2ccc([N+](=O)[O-])cc2)nn1C(=O)c1ccccc1. The van der Waals surface area contributed by atoms with Crippen molar-refractivity contribution in [2.75, 3.05) is 6.61 Å². The van der Waals surface area contributed by atoms with Crippen LogP contribution in [0.25, 0.3) is 11.3 Å². The molecule has 2 aromatic carbocycles. The highest BCUT2D eigenvalue weighted by Gasteiger charge is 2.23. The number of ether oxygens (including phenoxy) is 1. The summed E-state index contributed by atoms with van der Waals surface area (Å²) in [6.07, 6.45) is 0. The van der Waals surface area contributed by atoms with Gasteiger partial charge in [-0.1, -0.05) is 18.2 Å². The molecule has 8 heteroatoms. The van der Waals surface area contributed by atoms with E-state index in [0.29, 0.717) is 16.8 Å². The Kier molecular flexibility index (Phi) is 5.07. The van der Waals surface area contributed by atoms with Crippen molar-refractivity contribution in [3.8, 4) is 11.3 Å². The van der Waals surface area contributed by atoms with E-state index in [9.17, 15) is 19.7 Å². The summed E-state index contributed by atoms with van der Waals surface area (Å²) in [5.74, 6) is -1.16. The van der Waals surface area contributed by atoms with Gasteiger partial charge >= 0.3 is 5.97 Å². The predicted molar refractivity (Wildman–Crippen MR) is 96.4 cm³/mol. The Balaban J connectivity index is 2.05. The monoisotopic (exact) mass is 365 g/mol. The lowest BCUT2D eigenvalue weighted by molar-refractivity contribution is -0.384. The summed E-state index contributed by atoms with van der Waals surface area (Å²) in [6.45, 7) is 1.81. The molecular formula is C19H15N3O5. The number of nitrogens with zero attached hydrogens (tertiary/aromatic N) is 3. The molecule has 0 atom stereocenters. The minimum Gasteiger partial charge on any atom is -0.461 e. The third-order valence-corrected chi connectivity index (χ3v) is 3.78. The molecule has 3 aromatic rings. The van der Waals surface area contributed by atoms with Gasteiger partial charge in [0.1, 0.15) is 0 Å². The smallest absolute Gasteiger partial charge is 0.357 e. The first kappa shape index (κ1) is 18.0. The fourth-order valence-corrected chi connectivity index (χ4v) is 2.48. The van der Waals surface area contributed by atoms with E-state index in [1.54, 1.807) is 37.3 Å². The lowest BCUT2D eigenvalue weighted by Gasteiger charge is -2.05. The van der Waals surface area contributed by atoms with E-state index in [2.05, 4.69) is 5.10 Å². The van der Waals surface area contributed by atoms with Crippen LogP contribution < -0.4 is 0 Å². The molecule has 8 nitrogen and oxygen atoms in total. The zero-order valence-electron chi connectivity index (χ0n) is 14.4. The molecule has 0 spiro atoms. The fraction of sp³-hybridized carbons (Fsp3) is 0.105. The van der Waals surface area contributed by atoms with Crippen LogP contribution in [0.4, 0.5) is 5.69 Å². The summed E-state index contributed by atoms with van der Waals surface area (Å²) in [6, 6.07) is 15.5. The number of nitro benzene ring substituents is 1. The van der Waals surface area contributed by atoms with Gasteiger partial charge in [-0.25, -0.2) is 4.79 Å². The summed E-state index contributed by atoms with van der Waals surface area (Å²) in [7, 11) is 0. The number of esters is 1. The molecule has 1 heterocycles. The molecule has 3 rings (SSSR count). The van der Waals surface area contributed by atoms with Crippen molar-refractivity contribution in [1.82, 2.24) is 9.78 Å². The Morgan fingerprint density at radius 2 is 1.78 bits per heavy atom. The van der Waals surface area contributed by atoms with Gasteiger partial charge in [0.05, 0.1) is 17.2 Å². The molecule has 0 aliphatic heterocycles. The Hall–Kier alpha value is -3.81. The molecule has 1 aromatic heterocycles. The van der Waals surface area contributed by atoms with Gasteiger partial charge in [-0.3, -0.25) is 14.9 Å². The van der Waals surface area contributed by atoms with Crippen LogP contribution in [0, 0.1) is 10.1 Å². The highest BCUT2D eigenvalue weighted by atomic mass is 16.6. The van der Waals surface area contributed by atoms with E-state index in [-0.39, 0.29) is 18.0 Å². The van der Waals surface area contributed by atoms with Crippen molar-refractivity contribution in [3.05, 3.63) is 82.0 Å². The van der Waals surface area contributed by atoms with E-state index in [1.807, 2.05) is 0 Å². The number of non-ortho nitro benzene ring substituents is 1. The third-order valence-electron chi connectivity index (χ3n) is 3.78. The van der Waals surface area contributed by atoms with E-state index in [4.69, 9.17) is 4.74 Å². The van der Waals surface area contributed by atoms with Crippen LogP contribution in [-0.4, -0.2) is 33.2 Å². The highest BCUT2D eigenvalue weighted by molar-refractivity contribution is 6.01. The van der Waals surface area contributed by atoms with Gasteiger partial charge in [0, 0.05) is 23.3 Å². The molecule has 0 saturated heterocycles. The molecule has 0 N–H and O–H groups in total. The first-order valence-electron chi connectivity index (χ1n) is 8.13. The maximum Gasteiger partial charge on any atom is 0.357 e. The van der Waals surface area contributed by atoms with Crippen LogP contribution in [0.1, 0.15) is 27.8 Å². The van der Waals surface area contributed by atoms with Gasteiger partial charge in [-0.2, -0.15) is 9.78 Å². The Morgan fingerprint density at radius 3 is 2.37 bits per heavy atom. The lowest BCUT2D eigenvalue weighted by Crippen LogP contribution is -2.20. The summed E-state index contributed by atoms with van der Waals surface area (Å²) < 4.78 is 6.00. The summed E-state index contributed by atoms with van der Waals surface area (Å²) in [4.78, 5) is 35.3. The maximum atomic E-state index is 12.8. The molecule has 0 aliphatic rings. The van der Waals surface area contributed by atoms with Crippen molar-refractivity contribution in [2.45, 2.75) is 6.92 Å². The Labute approximate surface area is 154 Å². The molecule has 0 amide bonds. The maximum absolute atomic E-state index is 12.8. The number of hydrogen-bond donors (Lipinski definition) is 0. The minimum atomic E-state index is -0.678. The van der Waals surface area contributed by atoms with Crippen molar-refractivity contribution >= 4 is 17.6 Å². The van der Waals surface area contributed by atoms with Crippen LogP contribution >= 0.6 is 0 Å². The predicted octanol–water partition coefficient (Wildman–Crippen LogP) is 3.32. The topological polar surface area (TPSA) is 104 Å². The van der Waals surface area contributed by atoms with Crippen LogP contribution in [0.3, 0.4) is 0 Å². The minimum absolute atomic E-state index is 0.0148. The summed E-state index contributed by atoms with van der Waals surface area (Å²) >= 11 is 0. The molecule has 0 saturated carbocycles. The van der Waals surface area contributed by atoms with Crippen molar-refractivity contribution < 1.29 is 19.2 Å². The second-order valence-corrected chi connectivity index (χ2v) is 5.52. The van der Waals surface area contributed by atoms with Gasteiger partial charge in [0.15, 0.2) is 5.69 Å². The van der Waals surface area contributed by atoms with E-state index < -0.39 is 16.8 Å². The Bertz CT molecular complexity index is 994. The van der Waals surface area contributed by atoms with E-state index in [1.165, 1.54) is 30.3 Å². The number of carbonyl (C=O) groups is 2. The van der Waals surface area contributed by atoms with Gasteiger partial charge in [0.2, 0.25) is 0 Å². The fourth-order valence-electron chi connectivity index (χ4n) is 2.48. The van der Waals surface area contributed by atoms with Gasteiger partial charge in [-0.05, 0) is 37.3 Å². The molecule has 0 radical (unpaired) electrons. The number of nitro groups is 1. The zero-order chi connectivity index (χ0) is 19.4. The molecule has 0 fully saturated rings. The lowest BCUT2D eigenvalue weighted by atomic mass is 10.1. The van der Waals surface area contributed by atoms with Crippen LogP contribution in [0.15, 0.2) is 60.7 Å². The first-order chi connectivity index (χ1) is 13.0. The number of rotatable bonds is 5. The van der Waals surface area contributed by atoms with Crippen molar-refractivity contribution in [3.63, 3.8) is 0 Å². The average molecular weight is 365 g/mol. The number of carbonyl (C=O) groups excluding carboxylic acids is 2. The van der Waals surface area contributed by atoms with Gasteiger partial charge in [-0.15, -0.1) is 0 Å². The number of benzene rings is 2. The average Bonchev–Trinajstić information content (AvgIpc) is 3.14. The molecule has 136 valence electrons. The standard InChI is InChI=1S/C19H15N3O5/c1-2-27-19(24)17-12-16(13-8-10-15(11-9-13)22(25)26)20-21(17)18(23)14-6-4-3-5-7-14/h3-12H,2H2,1H3. The number of hydrogen-bond acceptors (Lipinski definition) is 6. The van der Waals surface area contributed by atoms with Crippen molar-refractivity contribution in [1.29, 1.82) is 0 Å². The highest BCUT2D eigenvalue weighted by Crippen LogP contribution is 2.23. The van der Waals surface area contributed by atoms with Crippen molar-refractivity contribution in [2.24, 2.45) is 0 Å². The number of aromatic nitrogens is 2. The zero-order valence-corrected chi connectivity index (χ0v) is 14.4. The second-order valence-electron chi connectivity index (χ2n) is 5.52. The Morgan fingerprint density at radius 1 is 1.11 bits per heavy atom. The van der Waals surface area contributed by atoms with Crippen LogP contribution in [0.5, 0.6) is 0 Å². The molecule has 0 bridgehead atoms. The summed E-state index contributed by atoms with van der Waals surface area (Å²) in [5.41, 5.74) is 1.15. The van der Waals surface area contributed by atoms with Gasteiger partial charge < -0.3 is 4.74 Å². The van der Waals surface area contributed by atoms with Crippen LogP contribution in [0.2, 0.25) is 0 Å². The third kappa shape index (κ3) is 3.74. The van der Waals surface area contributed by atoms with E-state index >= 15 is 0 Å². The van der Waals surface area contributed by atoms with E-state index in [0.717, 1.165) is 4.68 Å². The first-order valence-corrected chi connectivity index (χ1v) is 8.13. The molecular weight excluding hydrogens is 350 g/mol. The van der Waals surface area contributed by atoms with Crippen LogP contribution in [-0.2, 0) is 4.74 Å². The second kappa shape index (κ2) is 7.61.